The second-order valence-electron chi connectivity index (χ2n) is 6.39. The van der Waals surface area contributed by atoms with Crippen molar-refractivity contribution in [3.63, 3.8) is 0 Å². The Kier molecular flexibility index (Phi) is 6.43. The van der Waals surface area contributed by atoms with Crippen LogP contribution in [0.2, 0.25) is 0 Å². The summed E-state index contributed by atoms with van der Waals surface area (Å²) >= 11 is 0. The van der Waals surface area contributed by atoms with E-state index < -0.39 is 4.92 Å². The first-order valence-electron chi connectivity index (χ1n) is 9.10. The number of furan rings is 1. The van der Waals surface area contributed by atoms with E-state index >= 15 is 0 Å². The van der Waals surface area contributed by atoms with E-state index in [4.69, 9.17) is 4.42 Å². The van der Waals surface area contributed by atoms with Gasteiger partial charge in [-0.1, -0.05) is 18.2 Å². The van der Waals surface area contributed by atoms with Crippen molar-refractivity contribution in [2.24, 2.45) is 0 Å². The van der Waals surface area contributed by atoms with Crippen LogP contribution in [-0.4, -0.2) is 30.3 Å². The monoisotopic (exact) mass is 408 g/mol. The lowest BCUT2D eigenvalue weighted by Crippen LogP contribution is -2.34. The van der Waals surface area contributed by atoms with E-state index in [0.29, 0.717) is 22.7 Å². The summed E-state index contributed by atoms with van der Waals surface area (Å²) in [5, 5.41) is 16.5. The number of nitrogens with one attached hydrogen (secondary N) is 2. The van der Waals surface area contributed by atoms with Gasteiger partial charge in [-0.05, 0) is 30.3 Å². The molecule has 0 aliphatic heterocycles. The van der Waals surface area contributed by atoms with E-state index in [1.165, 1.54) is 29.4 Å². The van der Waals surface area contributed by atoms with Crippen LogP contribution in [0, 0.1) is 10.1 Å². The molecule has 0 radical (unpaired) electrons. The molecule has 3 rings (SSSR count). The Bertz CT molecular complexity index is 1050. The van der Waals surface area contributed by atoms with Crippen molar-refractivity contribution in [3.05, 3.63) is 88.4 Å². The zero-order chi connectivity index (χ0) is 21.5. The number of para-hydroxylation sites is 1. The van der Waals surface area contributed by atoms with E-state index in [2.05, 4.69) is 10.6 Å². The summed E-state index contributed by atoms with van der Waals surface area (Å²) in [5.41, 5.74) is 1.17. The maximum Gasteiger partial charge on any atom is 0.271 e. The van der Waals surface area contributed by atoms with Crippen LogP contribution in [0.5, 0.6) is 0 Å². The maximum atomic E-state index is 12.6. The van der Waals surface area contributed by atoms with Gasteiger partial charge in [0.05, 0.1) is 35.5 Å². The van der Waals surface area contributed by atoms with Gasteiger partial charge in [-0.3, -0.25) is 19.7 Å². The molecule has 0 unspecified atom stereocenters. The molecule has 2 N–H and O–H groups in total. The Morgan fingerprint density at radius 3 is 2.63 bits per heavy atom. The topological polar surface area (TPSA) is 118 Å². The predicted octanol–water partition coefficient (Wildman–Crippen LogP) is 3.19. The van der Waals surface area contributed by atoms with Gasteiger partial charge in [-0.15, -0.1) is 0 Å². The third-order valence-electron chi connectivity index (χ3n) is 4.39. The SMILES string of the molecule is CN(C(=O)CNc1cccc([N+](=O)[O-])c1)c1ccccc1C(=O)NCc1ccco1. The summed E-state index contributed by atoms with van der Waals surface area (Å²) in [4.78, 5) is 37.0. The first-order valence-corrected chi connectivity index (χ1v) is 9.10. The molecule has 1 heterocycles. The van der Waals surface area contributed by atoms with Crippen LogP contribution < -0.4 is 15.5 Å². The molecular weight excluding hydrogens is 388 g/mol. The molecule has 9 nitrogen and oxygen atoms in total. The zero-order valence-electron chi connectivity index (χ0n) is 16.2. The van der Waals surface area contributed by atoms with E-state index in [0.717, 1.165) is 0 Å². The Balaban J connectivity index is 1.66. The van der Waals surface area contributed by atoms with E-state index in [-0.39, 0.29) is 30.6 Å². The number of benzene rings is 2. The summed E-state index contributed by atoms with van der Waals surface area (Å²) in [6.07, 6.45) is 1.52. The summed E-state index contributed by atoms with van der Waals surface area (Å²) < 4.78 is 5.20. The molecule has 0 aliphatic rings. The van der Waals surface area contributed by atoms with Crippen LogP contribution in [-0.2, 0) is 11.3 Å². The number of anilines is 2. The van der Waals surface area contributed by atoms with Gasteiger partial charge < -0.3 is 20.0 Å². The number of carbonyl (C=O) groups is 2. The summed E-state index contributed by atoms with van der Waals surface area (Å²) in [7, 11) is 1.57. The molecule has 2 amide bonds. The van der Waals surface area contributed by atoms with Crippen LogP contribution in [0.4, 0.5) is 17.1 Å². The number of nitro benzene ring substituents is 1. The molecule has 2 aromatic carbocycles. The second-order valence-corrected chi connectivity index (χ2v) is 6.39. The fourth-order valence-corrected chi connectivity index (χ4v) is 2.79. The number of likely N-dealkylation sites (N-methyl/N-ethyl adjacent to an activating group) is 1. The van der Waals surface area contributed by atoms with Crippen LogP contribution >= 0.6 is 0 Å². The van der Waals surface area contributed by atoms with E-state index in [1.54, 1.807) is 49.5 Å². The largest absolute Gasteiger partial charge is 0.467 e. The Hall–Kier alpha value is -4.14. The minimum Gasteiger partial charge on any atom is -0.467 e. The first kappa shape index (κ1) is 20.6. The lowest BCUT2D eigenvalue weighted by molar-refractivity contribution is -0.384. The summed E-state index contributed by atoms with van der Waals surface area (Å²) in [5.74, 6) is -0.0347. The molecule has 154 valence electrons. The van der Waals surface area contributed by atoms with Gasteiger partial charge in [0, 0.05) is 24.9 Å². The molecule has 0 aliphatic carbocycles. The van der Waals surface area contributed by atoms with Gasteiger partial charge in [0.15, 0.2) is 0 Å². The van der Waals surface area contributed by atoms with Crippen LogP contribution in [0.15, 0.2) is 71.3 Å². The standard InChI is InChI=1S/C21H20N4O5/c1-24(20(26)14-22-15-6-4-7-16(12-15)25(28)29)19-10-3-2-9-18(19)21(27)23-13-17-8-5-11-30-17/h2-12,22H,13-14H2,1H3,(H,23,27). The van der Waals surface area contributed by atoms with Crippen molar-refractivity contribution in [1.82, 2.24) is 5.32 Å². The molecule has 0 saturated heterocycles. The van der Waals surface area contributed by atoms with Crippen LogP contribution in [0.25, 0.3) is 0 Å². The highest BCUT2D eigenvalue weighted by Gasteiger charge is 2.18. The number of amides is 2. The number of hydrogen-bond donors (Lipinski definition) is 2. The fraction of sp³-hybridized carbons (Fsp3) is 0.143. The molecule has 0 atom stereocenters. The predicted molar refractivity (Wildman–Crippen MR) is 111 cm³/mol. The molecule has 30 heavy (non-hydrogen) atoms. The van der Waals surface area contributed by atoms with Crippen molar-refractivity contribution in [2.45, 2.75) is 6.54 Å². The minimum absolute atomic E-state index is 0.0700. The number of hydrogen-bond acceptors (Lipinski definition) is 6. The van der Waals surface area contributed by atoms with Gasteiger partial charge in [-0.2, -0.15) is 0 Å². The van der Waals surface area contributed by atoms with Gasteiger partial charge in [-0.25, -0.2) is 0 Å². The Labute approximate surface area is 172 Å². The average molecular weight is 408 g/mol. The highest BCUT2D eigenvalue weighted by molar-refractivity contribution is 6.05. The molecule has 0 fully saturated rings. The van der Waals surface area contributed by atoms with Gasteiger partial charge in [0.2, 0.25) is 5.91 Å². The highest BCUT2D eigenvalue weighted by Crippen LogP contribution is 2.20. The molecular formula is C21H20N4O5. The van der Waals surface area contributed by atoms with Gasteiger partial charge >= 0.3 is 0 Å². The average Bonchev–Trinajstić information content (AvgIpc) is 3.29. The first-order chi connectivity index (χ1) is 14.5. The lowest BCUT2D eigenvalue weighted by Gasteiger charge is -2.21. The second kappa shape index (κ2) is 9.37. The van der Waals surface area contributed by atoms with Gasteiger partial charge in [0.25, 0.3) is 11.6 Å². The van der Waals surface area contributed by atoms with E-state index in [9.17, 15) is 19.7 Å². The zero-order valence-corrected chi connectivity index (χ0v) is 16.2. The Morgan fingerprint density at radius 1 is 1.10 bits per heavy atom. The molecule has 0 spiro atoms. The molecule has 0 bridgehead atoms. The fourth-order valence-electron chi connectivity index (χ4n) is 2.79. The molecule has 9 heteroatoms. The van der Waals surface area contributed by atoms with Crippen LogP contribution in [0.3, 0.4) is 0 Å². The number of non-ortho nitro benzene ring substituents is 1. The minimum atomic E-state index is -0.503. The number of nitrogens with zero attached hydrogens (tertiary/aromatic N) is 2. The van der Waals surface area contributed by atoms with E-state index in [1.807, 2.05) is 0 Å². The third-order valence-corrected chi connectivity index (χ3v) is 4.39. The number of carbonyl (C=O) groups excluding carboxylic acids is 2. The molecule has 0 saturated carbocycles. The maximum absolute atomic E-state index is 12.6. The van der Waals surface area contributed by atoms with Gasteiger partial charge in [0.1, 0.15) is 5.76 Å². The number of rotatable bonds is 8. The summed E-state index contributed by atoms with van der Waals surface area (Å²) in [6.45, 7) is 0.131. The van der Waals surface area contributed by atoms with Crippen molar-refractivity contribution in [1.29, 1.82) is 0 Å². The number of nitro groups is 1. The quantitative estimate of drug-likeness (QED) is 0.437. The lowest BCUT2D eigenvalue weighted by atomic mass is 10.1. The van der Waals surface area contributed by atoms with Crippen molar-refractivity contribution in [3.8, 4) is 0 Å². The normalized spacial score (nSPS) is 10.3. The summed E-state index contributed by atoms with van der Waals surface area (Å²) in [6, 6.07) is 16.1. The highest BCUT2D eigenvalue weighted by atomic mass is 16.6. The third kappa shape index (κ3) is 5.02. The Morgan fingerprint density at radius 2 is 1.90 bits per heavy atom. The van der Waals surface area contributed by atoms with Crippen LogP contribution in [0.1, 0.15) is 16.1 Å². The molecule has 3 aromatic rings. The van der Waals surface area contributed by atoms with Crippen molar-refractivity contribution < 1.29 is 18.9 Å². The van der Waals surface area contributed by atoms with Crippen molar-refractivity contribution >= 4 is 28.9 Å². The molecule has 1 aromatic heterocycles. The smallest absolute Gasteiger partial charge is 0.271 e. The van der Waals surface area contributed by atoms with Crippen molar-refractivity contribution in [2.75, 3.05) is 23.8 Å².